The first-order valence-electron chi connectivity index (χ1n) is 7.64. The minimum absolute atomic E-state index is 0.0310. The summed E-state index contributed by atoms with van der Waals surface area (Å²) in [6, 6.07) is 3.58. The van der Waals surface area contributed by atoms with Crippen molar-refractivity contribution in [3.8, 4) is 23.8 Å². The quantitative estimate of drug-likeness (QED) is 0.504. The Bertz CT molecular complexity index is 769. The first-order chi connectivity index (χ1) is 11.9. The van der Waals surface area contributed by atoms with Gasteiger partial charge in [0.25, 0.3) is 11.1 Å². The van der Waals surface area contributed by atoms with Crippen LogP contribution in [0.25, 0.3) is 6.08 Å². The SMILES string of the molecule is C#CCN1C(=O)S/C(=C\c2cc(Br)c(O[C@H](C)CC)c(OC)c2)C1=O. The molecule has 1 aliphatic rings. The fourth-order valence-electron chi connectivity index (χ4n) is 2.10. The third kappa shape index (κ3) is 4.39. The van der Waals surface area contributed by atoms with Gasteiger partial charge in [-0.15, -0.1) is 6.42 Å². The summed E-state index contributed by atoms with van der Waals surface area (Å²) in [6.45, 7) is 3.98. The van der Waals surface area contributed by atoms with Crippen LogP contribution >= 0.6 is 27.7 Å². The molecule has 1 fully saturated rings. The molecule has 5 nitrogen and oxygen atoms in total. The van der Waals surface area contributed by atoms with Crippen molar-refractivity contribution in [2.24, 2.45) is 0 Å². The summed E-state index contributed by atoms with van der Waals surface area (Å²) in [7, 11) is 1.55. The van der Waals surface area contributed by atoms with Crippen molar-refractivity contribution < 1.29 is 19.1 Å². The highest BCUT2D eigenvalue weighted by atomic mass is 79.9. The highest BCUT2D eigenvalue weighted by Gasteiger charge is 2.34. The zero-order valence-corrected chi connectivity index (χ0v) is 16.6. The number of nitrogens with zero attached hydrogens (tertiary/aromatic N) is 1. The number of halogens is 1. The van der Waals surface area contributed by atoms with Gasteiger partial charge in [0, 0.05) is 0 Å². The summed E-state index contributed by atoms with van der Waals surface area (Å²) in [5.74, 6) is 3.08. The Morgan fingerprint density at radius 3 is 2.76 bits per heavy atom. The van der Waals surface area contributed by atoms with Gasteiger partial charge >= 0.3 is 0 Å². The van der Waals surface area contributed by atoms with Crippen LogP contribution < -0.4 is 9.47 Å². The van der Waals surface area contributed by atoms with Crippen LogP contribution in [0.3, 0.4) is 0 Å². The molecule has 0 aliphatic carbocycles. The van der Waals surface area contributed by atoms with Crippen LogP contribution in [0, 0.1) is 12.3 Å². The molecule has 7 heteroatoms. The lowest BCUT2D eigenvalue weighted by atomic mass is 10.1. The molecule has 1 aromatic carbocycles. The largest absolute Gasteiger partial charge is 0.493 e. The van der Waals surface area contributed by atoms with Gasteiger partial charge in [0.15, 0.2) is 11.5 Å². The summed E-state index contributed by atoms with van der Waals surface area (Å²) >= 11 is 4.35. The van der Waals surface area contributed by atoms with E-state index in [-0.39, 0.29) is 23.8 Å². The normalized spacial score (nSPS) is 16.9. The van der Waals surface area contributed by atoms with Gasteiger partial charge in [-0.05, 0) is 64.8 Å². The molecule has 1 heterocycles. The topological polar surface area (TPSA) is 55.8 Å². The first-order valence-corrected chi connectivity index (χ1v) is 9.25. The van der Waals surface area contributed by atoms with Crippen molar-refractivity contribution in [1.29, 1.82) is 0 Å². The molecule has 0 unspecified atom stereocenters. The lowest BCUT2D eigenvalue weighted by Crippen LogP contribution is -2.28. The predicted octanol–water partition coefficient (Wildman–Crippen LogP) is 4.30. The summed E-state index contributed by atoms with van der Waals surface area (Å²) in [5.41, 5.74) is 0.714. The molecule has 0 saturated carbocycles. The van der Waals surface area contributed by atoms with Crippen molar-refractivity contribution in [1.82, 2.24) is 4.90 Å². The number of carbonyl (C=O) groups excluding carboxylic acids is 2. The molecule has 1 saturated heterocycles. The monoisotopic (exact) mass is 423 g/mol. The average molecular weight is 424 g/mol. The Kier molecular flexibility index (Phi) is 6.57. The number of methoxy groups -OCH3 is 1. The molecule has 1 aliphatic heterocycles. The zero-order valence-electron chi connectivity index (χ0n) is 14.2. The Labute approximate surface area is 159 Å². The molecule has 25 heavy (non-hydrogen) atoms. The maximum Gasteiger partial charge on any atom is 0.294 e. The average Bonchev–Trinajstić information content (AvgIpc) is 2.84. The fourth-order valence-corrected chi connectivity index (χ4v) is 3.49. The second-order valence-electron chi connectivity index (χ2n) is 5.34. The molecule has 1 atom stereocenters. The number of imide groups is 1. The van der Waals surface area contributed by atoms with Gasteiger partial charge in [-0.1, -0.05) is 12.8 Å². The number of terminal acetylenes is 1. The Balaban J connectivity index is 2.35. The van der Waals surface area contributed by atoms with E-state index in [0.717, 1.165) is 23.1 Å². The van der Waals surface area contributed by atoms with Gasteiger partial charge in [0.05, 0.1) is 29.1 Å². The van der Waals surface area contributed by atoms with Crippen molar-refractivity contribution in [2.75, 3.05) is 13.7 Å². The third-order valence-corrected chi connectivity index (χ3v) is 5.06. The number of ether oxygens (including phenoxy) is 2. The van der Waals surface area contributed by atoms with Crippen molar-refractivity contribution in [3.05, 3.63) is 27.1 Å². The molecule has 132 valence electrons. The Hall–Kier alpha value is -1.91. The molecule has 2 rings (SSSR count). The van der Waals surface area contributed by atoms with Crippen molar-refractivity contribution >= 4 is 44.9 Å². The van der Waals surface area contributed by atoms with E-state index in [1.165, 1.54) is 0 Å². The summed E-state index contributed by atoms with van der Waals surface area (Å²) < 4.78 is 12.0. The molecular weight excluding hydrogens is 406 g/mol. The molecular formula is C18H18BrNO4S. The highest BCUT2D eigenvalue weighted by Crippen LogP contribution is 2.39. The molecule has 0 spiro atoms. The van der Waals surface area contributed by atoms with Crippen LogP contribution in [-0.4, -0.2) is 35.8 Å². The van der Waals surface area contributed by atoms with E-state index < -0.39 is 0 Å². The molecule has 0 radical (unpaired) electrons. The van der Waals surface area contributed by atoms with Gasteiger partial charge < -0.3 is 9.47 Å². The minimum Gasteiger partial charge on any atom is -0.493 e. The standard InChI is InChI=1S/C18H18BrNO4S/c1-5-7-20-17(21)15(25-18(20)22)10-12-8-13(19)16(14(9-12)23-4)24-11(3)6-2/h1,8-11H,6-7H2,2-4H3/b15-10-/t11-/m1/s1. The maximum absolute atomic E-state index is 12.3. The number of amides is 2. The lowest BCUT2D eigenvalue weighted by Gasteiger charge is -2.17. The zero-order chi connectivity index (χ0) is 18.6. The van der Waals surface area contributed by atoms with Crippen LogP contribution in [0.5, 0.6) is 11.5 Å². The lowest BCUT2D eigenvalue weighted by molar-refractivity contribution is -0.122. The van der Waals surface area contributed by atoms with E-state index in [9.17, 15) is 9.59 Å². The smallest absolute Gasteiger partial charge is 0.294 e. The van der Waals surface area contributed by atoms with Crippen LogP contribution in [0.15, 0.2) is 21.5 Å². The number of hydrogen-bond acceptors (Lipinski definition) is 5. The van der Waals surface area contributed by atoms with Gasteiger partial charge in [-0.25, -0.2) is 0 Å². The fraction of sp³-hybridized carbons (Fsp3) is 0.333. The minimum atomic E-state index is -0.386. The van der Waals surface area contributed by atoms with Gasteiger partial charge in [0.2, 0.25) is 0 Å². The van der Waals surface area contributed by atoms with E-state index in [2.05, 4.69) is 21.9 Å². The van der Waals surface area contributed by atoms with E-state index in [1.54, 1.807) is 19.3 Å². The second kappa shape index (κ2) is 8.45. The molecule has 0 aromatic heterocycles. The van der Waals surface area contributed by atoms with E-state index in [1.807, 2.05) is 19.9 Å². The van der Waals surface area contributed by atoms with E-state index in [0.29, 0.717) is 26.4 Å². The number of carbonyl (C=O) groups is 2. The van der Waals surface area contributed by atoms with Crippen molar-refractivity contribution in [2.45, 2.75) is 26.4 Å². The van der Waals surface area contributed by atoms with Gasteiger partial charge in [-0.3, -0.25) is 14.5 Å². The number of thioether (sulfide) groups is 1. The summed E-state index contributed by atoms with van der Waals surface area (Å²) in [6.07, 6.45) is 7.73. The molecule has 1 aromatic rings. The second-order valence-corrected chi connectivity index (χ2v) is 7.19. The van der Waals surface area contributed by atoms with Crippen LogP contribution in [-0.2, 0) is 4.79 Å². The number of benzene rings is 1. The maximum atomic E-state index is 12.3. The van der Waals surface area contributed by atoms with Crippen molar-refractivity contribution in [3.63, 3.8) is 0 Å². The van der Waals surface area contributed by atoms with Crippen LogP contribution in [0.4, 0.5) is 4.79 Å². The van der Waals surface area contributed by atoms with E-state index >= 15 is 0 Å². The number of rotatable bonds is 6. The first kappa shape index (κ1) is 19.4. The predicted molar refractivity (Wildman–Crippen MR) is 103 cm³/mol. The number of hydrogen-bond donors (Lipinski definition) is 0. The molecule has 2 amide bonds. The van der Waals surface area contributed by atoms with Crippen LogP contribution in [0.2, 0.25) is 0 Å². The molecule has 0 bridgehead atoms. The molecule has 0 N–H and O–H groups in total. The Morgan fingerprint density at radius 1 is 1.44 bits per heavy atom. The highest BCUT2D eigenvalue weighted by molar-refractivity contribution is 9.10. The van der Waals surface area contributed by atoms with E-state index in [4.69, 9.17) is 15.9 Å². The Morgan fingerprint density at radius 2 is 2.16 bits per heavy atom. The summed E-state index contributed by atoms with van der Waals surface area (Å²) in [4.78, 5) is 25.5. The third-order valence-electron chi connectivity index (χ3n) is 3.57. The van der Waals surface area contributed by atoms with Crippen LogP contribution in [0.1, 0.15) is 25.8 Å². The summed E-state index contributed by atoms with van der Waals surface area (Å²) in [5, 5.41) is -0.364. The van der Waals surface area contributed by atoms with Gasteiger partial charge in [0.1, 0.15) is 0 Å². The van der Waals surface area contributed by atoms with Gasteiger partial charge in [-0.2, -0.15) is 0 Å².